The predicted molar refractivity (Wildman–Crippen MR) is 200 cm³/mol. The van der Waals surface area contributed by atoms with Crippen molar-refractivity contribution >= 4 is 65.0 Å². The fourth-order valence-corrected chi connectivity index (χ4v) is 7.70. The molecule has 1 aromatic heterocycles. The monoisotopic (exact) mass is 596 g/mol. The highest BCUT2D eigenvalue weighted by atomic mass is 16.3. The molecule has 9 aromatic carbocycles. The van der Waals surface area contributed by atoms with E-state index in [0.29, 0.717) is 0 Å². The van der Waals surface area contributed by atoms with Gasteiger partial charge >= 0.3 is 0 Å². The molecule has 0 bridgehead atoms. The molecule has 1 heterocycles. The van der Waals surface area contributed by atoms with Crippen molar-refractivity contribution in [1.29, 1.82) is 0 Å². The fourth-order valence-electron chi connectivity index (χ4n) is 7.70. The third-order valence-corrected chi connectivity index (χ3v) is 9.86. The maximum Gasteiger partial charge on any atom is 0.143 e. The maximum atomic E-state index is 6.47. The summed E-state index contributed by atoms with van der Waals surface area (Å²) in [6.07, 6.45) is 0. The van der Waals surface area contributed by atoms with Crippen LogP contribution in [0, 0.1) is 0 Å². The average molecular weight is 597 g/mol. The van der Waals surface area contributed by atoms with Crippen LogP contribution in [0.1, 0.15) is 0 Å². The van der Waals surface area contributed by atoms with Crippen LogP contribution < -0.4 is 0 Å². The summed E-state index contributed by atoms with van der Waals surface area (Å²) in [4.78, 5) is 0. The smallest absolute Gasteiger partial charge is 0.143 e. The van der Waals surface area contributed by atoms with Crippen LogP contribution in [0.3, 0.4) is 0 Å². The van der Waals surface area contributed by atoms with Crippen molar-refractivity contribution in [3.8, 4) is 33.4 Å². The average Bonchev–Trinajstić information content (AvgIpc) is 3.52. The molecule has 10 rings (SSSR count). The molecule has 0 saturated heterocycles. The summed E-state index contributed by atoms with van der Waals surface area (Å²) in [7, 11) is 0. The largest absolute Gasteiger partial charge is 0.455 e. The Morgan fingerprint density at radius 2 is 0.809 bits per heavy atom. The van der Waals surface area contributed by atoms with Gasteiger partial charge in [0, 0.05) is 16.2 Å². The lowest BCUT2D eigenvalue weighted by Gasteiger charge is -2.18. The molecule has 0 aliphatic rings. The molecule has 0 aliphatic carbocycles. The number of rotatable bonds is 3. The molecule has 10 aromatic rings. The van der Waals surface area contributed by atoms with Gasteiger partial charge < -0.3 is 4.42 Å². The third-order valence-electron chi connectivity index (χ3n) is 9.86. The van der Waals surface area contributed by atoms with Gasteiger partial charge in [-0.2, -0.15) is 0 Å². The minimum Gasteiger partial charge on any atom is -0.455 e. The summed E-state index contributed by atoms with van der Waals surface area (Å²) < 4.78 is 6.47. The first-order valence-corrected chi connectivity index (χ1v) is 16.2. The van der Waals surface area contributed by atoms with E-state index in [1.54, 1.807) is 0 Å². The molecule has 0 aliphatic heterocycles. The van der Waals surface area contributed by atoms with Crippen molar-refractivity contribution in [2.75, 3.05) is 0 Å². The fraction of sp³-hybridized carbons (Fsp3) is 0. The van der Waals surface area contributed by atoms with Crippen LogP contribution in [0.5, 0.6) is 0 Å². The minimum atomic E-state index is 0.914. The Hall–Kier alpha value is -6.18. The van der Waals surface area contributed by atoms with E-state index in [4.69, 9.17) is 4.42 Å². The molecule has 0 saturated carbocycles. The standard InChI is InChI=1S/C46H28O/c1-3-13-34-29(10-1)12-9-19-35(34)31-20-22-32(23-21-31)44-37-15-5-7-17-39(37)45(40-18-8-6-16-38(40)44)33-25-27-43-42(28-33)41-26-24-30-11-2-4-14-36(30)46(41)47-43/h1-28H. The van der Waals surface area contributed by atoms with Crippen LogP contribution in [0.25, 0.3) is 98.4 Å². The zero-order chi connectivity index (χ0) is 30.9. The van der Waals surface area contributed by atoms with Gasteiger partial charge in [0.2, 0.25) is 0 Å². The van der Waals surface area contributed by atoms with Crippen LogP contribution in [-0.2, 0) is 0 Å². The van der Waals surface area contributed by atoms with E-state index >= 15 is 0 Å². The Morgan fingerprint density at radius 1 is 0.298 bits per heavy atom. The van der Waals surface area contributed by atoms with Crippen molar-refractivity contribution in [1.82, 2.24) is 0 Å². The van der Waals surface area contributed by atoms with Crippen molar-refractivity contribution in [2.24, 2.45) is 0 Å². The Morgan fingerprint density at radius 3 is 1.49 bits per heavy atom. The Labute approximate surface area is 271 Å². The molecule has 47 heavy (non-hydrogen) atoms. The molecule has 0 spiro atoms. The number of furan rings is 1. The highest BCUT2D eigenvalue weighted by Crippen LogP contribution is 2.45. The summed E-state index contributed by atoms with van der Waals surface area (Å²) in [6.45, 7) is 0. The molecule has 0 radical (unpaired) electrons. The molecule has 218 valence electrons. The van der Waals surface area contributed by atoms with E-state index in [1.165, 1.54) is 71.1 Å². The Balaban J connectivity index is 1.19. The molecule has 0 N–H and O–H groups in total. The first-order chi connectivity index (χ1) is 23.3. The molecule has 1 heteroatoms. The van der Waals surface area contributed by atoms with Crippen LogP contribution in [-0.4, -0.2) is 0 Å². The second kappa shape index (κ2) is 10.2. The van der Waals surface area contributed by atoms with Gasteiger partial charge in [0.15, 0.2) is 0 Å². The van der Waals surface area contributed by atoms with Crippen LogP contribution in [0.2, 0.25) is 0 Å². The molecule has 0 amide bonds. The van der Waals surface area contributed by atoms with Crippen molar-refractivity contribution < 1.29 is 4.42 Å². The summed E-state index contributed by atoms with van der Waals surface area (Å²) in [5, 5.41) is 12.2. The summed E-state index contributed by atoms with van der Waals surface area (Å²) in [5.41, 5.74) is 9.28. The van der Waals surface area contributed by atoms with Gasteiger partial charge in [0.1, 0.15) is 11.2 Å². The lowest BCUT2D eigenvalue weighted by Crippen LogP contribution is -1.91. The number of benzene rings is 9. The topological polar surface area (TPSA) is 13.1 Å². The second-order valence-electron chi connectivity index (χ2n) is 12.4. The van der Waals surface area contributed by atoms with Gasteiger partial charge in [-0.05, 0) is 89.3 Å². The zero-order valence-electron chi connectivity index (χ0n) is 25.6. The molecular weight excluding hydrogens is 569 g/mol. The number of hydrogen-bond donors (Lipinski definition) is 0. The minimum absolute atomic E-state index is 0.914. The number of hydrogen-bond acceptors (Lipinski definition) is 1. The highest BCUT2D eigenvalue weighted by Gasteiger charge is 2.18. The van der Waals surface area contributed by atoms with Crippen molar-refractivity contribution in [3.05, 3.63) is 170 Å². The van der Waals surface area contributed by atoms with Crippen molar-refractivity contribution in [2.45, 2.75) is 0 Å². The second-order valence-corrected chi connectivity index (χ2v) is 12.4. The SMILES string of the molecule is c1ccc2c(-c3ccc(-c4c5ccccc5c(-c5ccc6oc7c8ccccc8ccc7c6c5)c5ccccc45)cc3)cccc2c1. The Bertz CT molecular complexity index is 2770. The van der Waals surface area contributed by atoms with Crippen LogP contribution in [0.4, 0.5) is 0 Å². The summed E-state index contributed by atoms with van der Waals surface area (Å²) >= 11 is 0. The quantitative estimate of drug-likeness (QED) is 0.185. The molecule has 0 atom stereocenters. The van der Waals surface area contributed by atoms with Crippen molar-refractivity contribution in [3.63, 3.8) is 0 Å². The molecular formula is C46H28O. The van der Waals surface area contributed by atoms with Gasteiger partial charge in [-0.25, -0.2) is 0 Å². The highest BCUT2D eigenvalue weighted by molar-refractivity contribution is 6.23. The van der Waals surface area contributed by atoms with Crippen LogP contribution >= 0.6 is 0 Å². The van der Waals surface area contributed by atoms with Gasteiger partial charge in [0.25, 0.3) is 0 Å². The van der Waals surface area contributed by atoms with E-state index in [0.717, 1.165) is 27.3 Å². The first kappa shape index (κ1) is 26.1. The normalized spacial score (nSPS) is 11.8. The third kappa shape index (κ3) is 3.97. The van der Waals surface area contributed by atoms with Gasteiger partial charge in [0.05, 0.1) is 0 Å². The van der Waals surface area contributed by atoms with E-state index in [1.807, 2.05) is 0 Å². The summed E-state index contributed by atoms with van der Waals surface area (Å²) in [6, 6.07) is 61.6. The lowest BCUT2D eigenvalue weighted by molar-refractivity contribution is 0.672. The molecule has 0 unspecified atom stereocenters. The molecule has 1 nitrogen and oxygen atoms in total. The van der Waals surface area contributed by atoms with E-state index < -0.39 is 0 Å². The Kier molecular flexibility index (Phi) is 5.64. The predicted octanol–water partition coefficient (Wildman–Crippen LogP) is 13.2. The number of fused-ring (bicyclic) bond motifs is 8. The van der Waals surface area contributed by atoms with Gasteiger partial charge in [-0.15, -0.1) is 0 Å². The van der Waals surface area contributed by atoms with E-state index in [9.17, 15) is 0 Å². The molecule has 0 fully saturated rings. The van der Waals surface area contributed by atoms with E-state index in [2.05, 4.69) is 170 Å². The van der Waals surface area contributed by atoms with Gasteiger partial charge in [-0.1, -0.05) is 152 Å². The first-order valence-electron chi connectivity index (χ1n) is 16.2. The maximum absolute atomic E-state index is 6.47. The van der Waals surface area contributed by atoms with E-state index in [-0.39, 0.29) is 0 Å². The van der Waals surface area contributed by atoms with Gasteiger partial charge in [-0.3, -0.25) is 0 Å². The van der Waals surface area contributed by atoms with Crippen LogP contribution in [0.15, 0.2) is 174 Å². The lowest BCUT2D eigenvalue weighted by atomic mass is 9.85. The zero-order valence-corrected chi connectivity index (χ0v) is 25.6. The summed E-state index contributed by atoms with van der Waals surface area (Å²) in [5.74, 6) is 0.